The Labute approximate surface area is 132 Å². The Kier molecular flexibility index (Phi) is 3.52. The van der Waals surface area contributed by atoms with Gasteiger partial charge in [0.25, 0.3) is 5.91 Å². The number of hydrogen-bond donors (Lipinski definition) is 1. The molecule has 1 N–H and O–H groups in total. The molecule has 1 aromatic heterocycles. The number of likely N-dealkylation sites (tertiary alicyclic amines) is 1. The molecule has 4 nitrogen and oxygen atoms in total. The molecule has 4 heteroatoms. The van der Waals surface area contributed by atoms with Gasteiger partial charge in [-0.15, -0.1) is 0 Å². The third-order valence-corrected chi connectivity index (χ3v) is 6.13. The molecule has 0 unspecified atom stereocenters. The minimum atomic E-state index is 0.102. The van der Waals surface area contributed by atoms with Gasteiger partial charge in [0.2, 0.25) is 0 Å². The number of carbonyl (C=O) groups is 1. The van der Waals surface area contributed by atoms with Crippen molar-refractivity contribution < 1.29 is 4.79 Å². The first-order chi connectivity index (χ1) is 10.6. The Morgan fingerprint density at radius 1 is 1.27 bits per heavy atom. The highest BCUT2D eigenvalue weighted by molar-refractivity contribution is 5.94. The monoisotopic (exact) mass is 301 g/mol. The maximum atomic E-state index is 12.4. The zero-order valence-electron chi connectivity index (χ0n) is 13.6. The summed E-state index contributed by atoms with van der Waals surface area (Å²) >= 11 is 0. The lowest BCUT2D eigenvalue weighted by Gasteiger charge is -2.54. The van der Waals surface area contributed by atoms with Crippen molar-refractivity contribution in [3.05, 3.63) is 24.0 Å². The Morgan fingerprint density at radius 2 is 2.05 bits per heavy atom. The SMILES string of the molecule is Cn1ccc(C(=O)N[C@@H]2CCC23CCN(CC2CC2)CC3)c1. The van der Waals surface area contributed by atoms with Crippen LogP contribution in [0.1, 0.15) is 48.9 Å². The predicted octanol–water partition coefficient (Wildman–Crippen LogP) is 2.41. The van der Waals surface area contributed by atoms with Gasteiger partial charge in [0.15, 0.2) is 0 Å². The third-order valence-electron chi connectivity index (χ3n) is 6.13. The molecule has 22 heavy (non-hydrogen) atoms. The van der Waals surface area contributed by atoms with E-state index >= 15 is 0 Å². The summed E-state index contributed by atoms with van der Waals surface area (Å²) in [5, 5.41) is 3.30. The normalized spacial score (nSPS) is 27.6. The number of aryl methyl sites for hydroxylation is 1. The van der Waals surface area contributed by atoms with E-state index in [-0.39, 0.29) is 5.91 Å². The van der Waals surface area contributed by atoms with Crippen LogP contribution in [0.3, 0.4) is 0 Å². The lowest BCUT2D eigenvalue weighted by atomic mass is 9.59. The van der Waals surface area contributed by atoms with Gasteiger partial charge in [-0.3, -0.25) is 4.79 Å². The third kappa shape index (κ3) is 2.69. The maximum absolute atomic E-state index is 12.4. The van der Waals surface area contributed by atoms with Gasteiger partial charge in [0.1, 0.15) is 0 Å². The number of nitrogens with zero attached hydrogens (tertiary/aromatic N) is 2. The minimum Gasteiger partial charge on any atom is -0.356 e. The number of carbonyl (C=O) groups excluding carboxylic acids is 1. The second kappa shape index (κ2) is 5.41. The highest BCUT2D eigenvalue weighted by atomic mass is 16.1. The molecule has 2 saturated carbocycles. The molecule has 120 valence electrons. The standard InChI is InChI=1S/C18H27N3O/c1-20-9-5-15(13-20)17(22)19-16-4-6-18(16)7-10-21(11-8-18)12-14-2-3-14/h5,9,13-14,16H,2-4,6-8,10-12H2,1H3,(H,19,22)/t16-/m1/s1. The number of rotatable bonds is 4. The largest absolute Gasteiger partial charge is 0.356 e. The van der Waals surface area contributed by atoms with Crippen molar-refractivity contribution in [1.82, 2.24) is 14.8 Å². The molecule has 3 aliphatic rings. The van der Waals surface area contributed by atoms with Gasteiger partial charge in [-0.05, 0) is 69.0 Å². The molecule has 0 bridgehead atoms. The van der Waals surface area contributed by atoms with Gasteiger partial charge in [0, 0.05) is 32.0 Å². The van der Waals surface area contributed by atoms with Crippen molar-refractivity contribution in [2.24, 2.45) is 18.4 Å². The smallest absolute Gasteiger partial charge is 0.253 e. The van der Waals surface area contributed by atoms with Crippen LogP contribution in [-0.2, 0) is 7.05 Å². The molecule has 1 amide bonds. The molecule has 2 heterocycles. The molecule has 1 saturated heterocycles. The van der Waals surface area contributed by atoms with Crippen molar-refractivity contribution in [2.75, 3.05) is 19.6 Å². The molecule has 2 aliphatic carbocycles. The highest BCUT2D eigenvalue weighted by Crippen LogP contribution is 2.49. The van der Waals surface area contributed by atoms with Crippen LogP contribution in [0.15, 0.2) is 18.5 Å². The zero-order valence-corrected chi connectivity index (χ0v) is 13.6. The van der Waals surface area contributed by atoms with Crippen molar-refractivity contribution in [3.63, 3.8) is 0 Å². The predicted molar refractivity (Wildman–Crippen MR) is 86.7 cm³/mol. The molecular formula is C18H27N3O. The molecule has 0 radical (unpaired) electrons. The van der Waals surface area contributed by atoms with E-state index in [9.17, 15) is 4.79 Å². The van der Waals surface area contributed by atoms with Gasteiger partial charge in [-0.1, -0.05) is 0 Å². The van der Waals surface area contributed by atoms with Crippen LogP contribution < -0.4 is 5.32 Å². The van der Waals surface area contributed by atoms with E-state index in [1.165, 1.54) is 51.7 Å². The van der Waals surface area contributed by atoms with E-state index in [0.717, 1.165) is 17.9 Å². The number of hydrogen-bond acceptors (Lipinski definition) is 2. The molecule has 1 spiro atoms. The summed E-state index contributed by atoms with van der Waals surface area (Å²) in [7, 11) is 1.96. The number of piperidine rings is 1. The lowest BCUT2D eigenvalue weighted by molar-refractivity contribution is -0.00604. The van der Waals surface area contributed by atoms with E-state index in [1.54, 1.807) is 0 Å². The van der Waals surface area contributed by atoms with Crippen molar-refractivity contribution >= 4 is 5.91 Å². The van der Waals surface area contributed by atoms with E-state index in [1.807, 2.05) is 30.1 Å². The van der Waals surface area contributed by atoms with Gasteiger partial charge in [-0.2, -0.15) is 0 Å². The molecule has 0 aromatic carbocycles. The van der Waals surface area contributed by atoms with E-state index in [2.05, 4.69) is 10.2 Å². The Hall–Kier alpha value is -1.29. The van der Waals surface area contributed by atoms with Crippen LogP contribution in [0.2, 0.25) is 0 Å². The molecular weight excluding hydrogens is 274 g/mol. The van der Waals surface area contributed by atoms with Crippen LogP contribution in [0.5, 0.6) is 0 Å². The van der Waals surface area contributed by atoms with Crippen LogP contribution in [0, 0.1) is 11.3 Å². The second-order valence-electron chi connectivity index (χ2n) is 7.74. The quantitative estimate of drug-likeness (QED) is 0.927. The van der Waals surface area contributed by atoms with Gasteiger partial charge >= 0.3 is 0 Å². The first-order valence-electron chi connectivity index (χ1n) is 8.80. The van der Waals surface area contributed by atoms with Crippen molar-refractivity contribution in [3.8, 4) is 0 Å². The van der Waals surface area contributed by atoms with Gasteiger partial charge < -0.3 is 14.8 Å². The van der Waals surface area contributed by atoms with E-state index in [0.29, 0.717) is 11.5 Å². The molecule has 4 rings (SSSR count). The summed E-state index contributed by atoms with van der Waals surface area (Å²) in [6.07, 6.45) is 11.7. The summed E-state index contributed by atoms with van der Waals surface area (Å²) in [5.41, 5.74) is 1.18. The van der Waals surface area contributed by atoms with E-state index < -0.39 is 0 Å². The maximum Gasteiger partial charge on any atom is 0.253 e. The summed E-state index contributed by atoms with van der Waals surface area (Å²) in [4.78, 5) is 15.0. The van der Waals surface area contributed by atoms with Crippen LogP contribution in [0.4, 0.5) is 0 Å². The highest BCUT2D eigenvalue weighted by Gasteiger charge is 2.49. The van der Waals surface area contributed by atoms with Crippen LogP contribution in [0.25, 0.3) is 0 Å². The minimum absolute atomic E-state index is 0.102. The van der Waals surface area contributed by atoms with Crippen molar-refractivity contribution in [2.45, 2.75) is 44.6 Å². The average Bonchev–Trinajstić information content (AvgIpc) is 3.22. The lowest BCUT2D eigenvalue weighted by Crippen LogP contribution is -2.59. The average molecular weight is 301 g/mol. The Bertz CT molecular complexity index is 552. The summed E-state index contributed by atoms with van der Waals surface area (Å²) in [6, 6.07) is 2.29. The fraction of sp³-hybridized carbons (Fsp3) is 0.722. The molecule has 1 aromatic rings. The van der Waals surface area contributed by atoms with Crippen LogP contribution >= 0.6 is 0 Å². The fourth-order valence-corrected chi connectivity index (χ4v) is 4.25. The number of nitrogens with one attached hydrogen (secondary N) is 1. The fourth-order valence-electron chi connectivity index (χ4n) is 4.25. The second-order valence-corrected chi connectivity index (χ2v) is 7.74. The summed E-state index contributed by atoms with van der Waals surface area (Å²) in [5.74, 6) is 1.09. The molecule has 1 aliphatic heterocycles. The topological polar surface area (TPSA) is 37.3 Å². The van der Waals surface area contributed by atoms with Crippen LogP contribution in [-0.4, -0.2) is 41.1 Å². The Morgan fingerprint density at radius 3 is 2.59 bits per heavy atom. The molecule has 3 fully saturated rings. The summed E-state index contributed by atoms with van der Waals surface area (Å²) < 4.78 is 1.93. The first kappa shape index (κ1) is 14.3. The number of amides is 1. The summed E-state index contributed by atoms with van der Waals surface area (Å²) in [6.45, 7) is 3.78. The van der Waals surface area contributed by atoms with Gasteiger partial charge in [-0.25, -0.2) is 0 Å². The Balaban J connectivity index is 1.32. The number of aromatic nitrogens is 1. The van der Waals surface area contributed by atoms with E-state index in [4.69, 9.17) is 0 Å². The first-order valence-corrected chi connectivity index (χ1v) is 8.80. The molecule has 1 atom stereocenters. The zero-order chi connectivity index (χ0) is 15.2. The van der Waals surface area contributed by atoms with Crippen molar-refractivity contribution in [1.29, 1.82) is 0 Å². The van der Waals surface area contributed by atoms with Gasteiger partial charge in [0.05, 0.1) is 5.56 Å².